The van der Waals surface area contributed by atoms with Crippen molar-refractivity contribution in [3.05, 3.63) is 29.8 Å². The van der Waals surface area contributed by atoms with Crippen LogP contribution < -0.4 is 5.32 Å². The van der Waals surface area contributed by atoms with E-state index in [0.29, 0.717) is 5.56 Å². The van der Waals surface area contributed by atoms with Gasteiger partial charge in [-0.25, -0.2) is 0 Å². The molecule has 15 heavy (non-hydrogen) atoms. The molecule has 0 aliphatic heterocycles. The van der Waals surface area contributed by atoms with Gasteiger partial charge in [0.05, 0.1) is 11.3 Å². The summed E-state index contributed by atoms with van der Waals surface area (Å²) in [5, 5.41) is 12.1. The van der Waals surface area contributed by atoms with Gasteiger partial charge >= 0.3 is 0 Å². The topological polar surface area (TPSA) is 35.8 Å². The number of benzene rings is 1. The molecule has 1 N–H and O–H groups in total. The number of hydrogen-bond acceptors (Lipinski definition) is 2. The van der Waals surface area contributed by atoms with E-state index in [4.69, 9.17) is 11.7 Å². The maximum Gasteiger partial charge on any atom is 0.101 e. The molecule has 0 saturated heterocycles. The van der Waals surface area contributed by atoms with Crippen molar-refractivity contribution in [2.45, 2.75) is 19.3 Å². The Morgan fingerprint density at radius 3 is 2.80 bits per heavy atom. The molecule has 2 heteroatoms. The molecule has 0 amide bonds. The molecule has 0 saturated carbocycles. The summed E-state index contributed by atoms with van der Waals surface area (Å²) in [6.07, 6.45) is 8.03. The van der Waals surface area contributed by atoms with Gasteiger partial charge in [0.1, 0.15) is 6.07 Å². The maximum absolute atomic E-state index is 8.84. The summed E-state index contributed by atoms with van der Waals surface area (Å²) in [5.74, 6) is 2.61. The first-order valence-corrected chi connectivity index (χ1v) is 5.05. The third kappa shape index (κ3) is 3.75. The Labute approximate surface area is 90.9 Å². The van der Waals surface area contributed by atoms with E-state index in [1.54, 1.807) is 0 Å². The van der Waals surface area contributed by atoms with Crippen LogP contribution >= 0.6 is 0 Å². The van der Waals surface area contributed by atoms with Crippen LogP contribution in [0, 0.1) is 23.7 Å². The van der Waals surface area contributed by atoms with Crippen molar-refractivity contribution in [3.8, 4) is 18.4 Å². The zero-order valence-corrected chi connectivity index (χ0v) is 8.66. The molecule has 76 valence electrons. The molecule has 0 unspecified atom stereocenters. The molecule has 0 heterocycles. The van der Waals surface area contributed by atoms with Crippen LogP contribution in [0.15, 0.2) is 24.3 Å². The number of terminal acetylenes is 1. The molecule has 0 aromatic heterocycles. The molecule has 0 fully saturated rings. The monoisotopic (exact) mass is 198 g/mol. The van der Waals surface area contributed by atoms with Crippen molar-refractivity contribution >= 4 is 5.69 Å². The van der Waals surface area contributed by atoms with Crippen LogP contribution in [0.5, 0.6) is 0 Å². The average Bonchev–Trinajstić information content (AvgIpc) is 2.29. The van der Waals surface area contributed by atoms with Crippen molar-refractivity contribution in [2.24, 2.45) is 0 Å². The first-order valence-electron chi connectivity index (χ1n) is 5.05. The predicted octanol–water partition coefficient (Wildman–Crippen LogP) is 2.77. The van der Waals surface area contributed by atoms with Crippen molar-refractivity contribution in [2.75, 3.05) is 11.9 Å². The van der Waals surface area contributed by atoms with Crippen LogP contribution in [0.4, 0.5) is 5.69 Å². The summed E-state index contributed by atoms with van der Waals surface area (Å²) in [6.45, 7) is 0.861. The van der Waals surface area contributed by atoms with Gasteiger partial charge in [-0.15, -0.1) is 12.3 Å². The molecule has 0 aliphatic carbocycles. The van der Waals surface area contributed by atoms with E-state index in [2.05, 4.69) is 17.3 Å². The quantitative estimate of drug-likeness (QED) is 0.583. The summed E-state index contributed by atoms with van der Waals surface area (Å²) in [4.78, 5) is 0. The Morgan fingerprint density at radius 1 is 1.27 bits per heavy atom. The summed E-state index contributed by atoms with van der Waals surface area (Å²) in [7, 11) is 0. The van der Waals surface area contributed by atoms with Crippen LogP contribution in [-0.2, 0) is 0 Å². The molecular weight excluding hydrogens is 184 g/mol. The van der Waals surface area contributed by atoms with Crippen LogP contribution in [0.1, 0.15) is 24.8 Å². The Bertz CT molecular complexity index is 382. The van der Waals surface area contributed by atoms with Crippen LogP contribution in [-0.4, -0.2) is 6.54 Å². The highest BCUT2D eigenvalue weighted by Crippen LogP contribution is 2.13. The Balaban J connectivity index is 2.38. The van der Waals surface area contributed by atoms with Gasteiger partial charge in [0.15, 0.2) is 0 Å². The molecule has 0 spiro atoms. The van der Waals surface area contributed by atoms with Crippen LogP contribution in [0.25, 0.3) is 0 Å². The molecular formula is C13H14N2. The molecule has 2 nitrogen and oxygen atoms in total. The number of rotatable bonds is 5. The Hall–Kier alpha value is -1.93. The van der Waals surface area contributed by atoms with E-state index in [1.165, 1.54) is 0 Å². The van der Waals surface area contributed by atoms with Crippen molar-refractivity contribution in [1.82, 2.24) is 0 Å². The maximum atomic E-state index is 8.84. The average molecular weight is 198 g/mol. The standard InChI is InChI=1S/C13H14N2/c1-2-3-4-7-10-15-13-9-6-5-8-12(13)11-14/h1,5-6,8-9,15H,3-4,7,10H2. The third-order valence-corrected chi connectivity index (χ3v) is 2.11. The number of para-hydroxylation sites is 1. The number of nitrogens with zero attached hydrogens (tertiary/aromatic N) is 1. The second-order valence-corrected chi connectivity index (χ2v) is 3.25. The molecule has 0 bridgehead atoms. The summed E-state index contributed by atoms with van der Waals surface area (Å²) >= 11 is 0. The first kappa shape index (κ1) is 11.1. The van der Waals surface area contributed by atoms with Crippen molar-refractivity contribution < 1.29 is 0 Å². The highest BCUT2D eigenvalue weighted by molar-refractivity contribution is 5.56. The third-order valence-electron chi connectivity index (χ3n) is 2.11. The van der Waals surface area contributed by atoms with Gasteiger partial charge < -0.3 is 5.32 Å². The van der Waals surface area contributed by atoms with Gasteiger partial charge in [-0.2, -0.15) is 5.26 Å². The van der Waals surface area contributed by atoms with Crippen molar-refractivity contribution in [3.63, 3.8) is 0 Å². The number of unbranched alkanes of at least 4 members (excludes halogenated alkanes) is 2. The van der Waals surface area contributed by atoms with Crippen LogP contribution in [0.2, 0.25) is 0 Å². The minimum atomic E-state index is 0.689. The smallest absolute Gasteiger partial charge is 0.101 e. The highest BCUT2D eigenvalue weighted by Gasteiger charge is 1.98. The zero-order valence-electron chi connectivity index (χ0n) is 8.66. The number of anilines is 1. The summed E-state index contributed by atoms with van der Waals surface area (Å²) < 4.78 is 0. The SMILES string of the molecule is C#CCCCCNc1ccccc1C#N. The Kier molecular flexibility index (Phi) is 4.84. The van der Waals surface area contributed by atoms with E-state index in [0.717, 1.165) is 31.5 Å². The fraction of sp³-hybridized carbons (Fsp3) is 0.308. The predicted molar refractivity (Wildman–Crippen MR) is 62.3 cm³/mol. The lowest BCUT2D eigenvalue weighted by Crippen LogP contribution is -2.02. The number of nitriles is 1. The first-order chi connectivity index (χ1) is 7.38. The normalized spacial score (nSPS) is 8.93. The fourth-order valence-corrected chi connectivity index (χ4v) is 1.31. The highest BCUT2D eigenvalue weighted by atomic mass is 14.9. The zero-order chi connectivity index (χ0) is 10.9. The van der Waals surface area contributed by atoms with E-state index in [-0.39, 0.29) is 0 Å². The molecule has 0 atom stereocenters. The summed E-state index contributed by atoms with van der Waals surface area (Å²) in [5.41, 5.74) is 1.59. The minimum Gasteiger partial charge on any atom is -0.384 e. The number of hydrogen-bond donors (Lipinski definition) is 1. The lowest BCUT2D eigenvalue weighted by atomic mass is 10.2. The van der Waals surface area contributed by atoms with Crippen molar-refractivity contribution in [1.29, 1.82) is 5.26 Å². The van der Waals surface area contributed by atoms with E-state index < -0.39 is 0 Å². The van der Waals surface area contributed by atoms with E-state index in [9.17, 15) is 0 Å². The second-order valence-electron chi connectivity index (χ2n) is 3.25. The van der Waals surface area contributed by atoms with E-state index in [1.807, 2.05) is 24.3 Å². The molecule has 0 aliphatic rings. The lowest BCUT2D eigenvalue weighted by Gasteiger charge is -2.06. The lowest BCUT2D eigenvalue weighted by molar-refractivity contribution is 0.789. The summed E-state index contributed by atoms with van der Waals surface area (Å²) in [6, 6.07) is 9.66. The van der Waals surface area contributed by atoms with Gasteiger partial charge in [0.25, 0.3) is 0 Å². The van der Waals surface area contributed by atoms with Crippen LogP contribution in [0.3, 0.4) is 0 Å². The van der Waals surface area contributed by atoms with E-state index >= 15 is 0 Å². The molecule has 1 aromatic carbocycles. The van der Waals surface area contributed by atoms with Gasteiger partial charge in [-0.05, 0) is 25.0 Å². The largest absolute Gasteiger partial charge is 0.384 e. The minimum absolute atomic E-state index is 0.689. The molecule has 0 radical (unpaired) electrons. The van der Waals surface area contributed by atoms with Gasteiger partial charge in [0, 0.05) is 13.0 Å². The Morgan fingerprint density at radius 2 is 2.07 bits per heavy atom. The number of nitrogens with one attached hydrogen (secondary N) is 1. The fourth-order valence-electron chi connectivity index (χ4n) is 1.31. The second kappa shape index (κ2) is 6.51. The van der Waals surface area contributed by atoms with Gasteiger partial charge in [-0.3, -0.25) is 0 Å². The molecule has 1 aromatic rings. The van der Waals surface area contributed by atoms with Gasteiger partial charge in [-0.1, -0.05) is 12.1 Å². The molecule has 1 rings (SSSR count). The van der Waals surface area contributed by atoms with Gasteiger partial charge in [0.2, 0.25) is 0 Å².